The Balaban J connectivity index is 1.94. The van der Waals surface area contributed by atoms with Crippen molar-refractivity contribution in [2.75, 3.05) is 13.1 Å². The second kappa shape index (κ2) is 8.78. The average molecular weight is 406 g/mol. The highest BCUT2D eigenvalue weighted by molar-refractivity contribution is 5.94. The Morgan fingerprint density at radius 1 is 1.14 bits per heavy atom. The van der Waals surface area contributed by atoms with Crippen LogP contribution in [0, 0.1) is 5.92 Å². The van der Waals surface area contributed by atoms with Crippen LogP contribution in [-0.4, -0.2) is 65.9 Å². The molecule has 0 aromatic rings. The molecule has 0 bridgehead atoms. The minimum absolute atomic E-state index is 0.0737. The van der Waals surface area contributed by atoms with Crippen LogP contribution in [0.5, 0.6) is 0 Å². The average Bonchev–Trinajstić information content (AvgIpc) is 3.26. The van der Waals surface area contributed by atoms with Gasteiger partial charge in [-0.15, -0.1) is 0 Å². The number of halogens is 3. The maximum absolute atomic E-state index is 12.9. The van der Waals surface area contributed by atoms with Crippen molar-refractivity contribution in [3.8, 4) is 0 Å². The molecule has 0 aromatic carbocycles. The fourth-order valence-corrected chi connectivity index (χ4v) is 3.53. The van der Waals surface area contributed by atoms with Gasteiger partial charge in [-0.25, -0.2) is 0 Å². The first-order chi connectivity index (χ1) is 13.0. The lowest BCUT2D eigenvalue weighted by Crippen LogP contribution is -2.55. The number of carbonyl (C=O) groups is 4. The summed E-state index contributed by atoms with van der Waals surface area (Å²) in [5.41, 5.74) is 0. The fourth-order valence-electron chi connectivity index (χ4n) is 3.53. The molecule has 3 N–H and O–H groups in total. The largest absolute Gasteiger partial charge is 0.405 e. The van der Waals surface area contributed by atoms with Crippen molar-refractivity contribution in [2.24, 2.45) is 5.92 Å². The Hall–Kier alpha value is -2.33. The molecule has 0 radical (unpaired) electrons. The normalized spacial score (nSPS) is 24.2. The number of alkyl halides is 3. The minimum atomic E-state index is -4.53. The van der Waals surface area contributed by atoms with Crippen molar-refractivity contribution < 1.29 is 32.3 Å². The SMILES string of the molecule is CCCC(NC(C)=O)C(=O)N1[C@H](C(=O)NCC(=O)NCC(F)(F)F)C[C@H]2C[C@@H]21. The molecule has 2 aliphatic rings. The number of amides is 4. The Morgan fingerprint density at radius 2 is 1.82 bits per heavy atom. The smallest absolute Gasteiger partial charge is 0.345 e. The number of hydrogen-bond donors (Lipinski definition) is 3. The summed E-state index contributed by atoms with van der Waals surface area (Å²) < 4.78 is 36.3. The highest BCUT2D eigenvalue weighted by atomic mass is 19.4. The van der Waals surface area contributed by atoms with Crippen LogP contribution >= 0.6 is 0 Å². The number of piperidine rings is 1. The van der Waals surface area contributed by atoms with Crippen molar-refractivity contribution in [3.63, 3.8) is 0 Å². The molecule has 1 heterocycles. The molecule has 11 heteroatoms. The predicted molar refractivity (Wildman–Crippen MR) is 91.7 cm³/mol. The van der Waals surface area contributed by atoms with Gasteiger partial charge in [-0.2, -0.15) is 13.2 Å². The van der Waals surface area contributed by atoms with Crippen LogP contribution in [0.25, 0.3) is 0 Å². The van der Waals surface area contributed by atoms with Gasteiger partial charge in [0.05, 0.1) is 6.54 Å². The first-order valence-electron chi connectivity index (χ1n) is 9.24. The van der Waals surface area contributed by atoms with Crippen molar-refractivity contribution in [2.45, 2.75) is 63.8 Å². The number of likely N-dealkylation sites (tertiary alicyclic amines) is 1. The van der Waals surface area contributed by atoms with Crippen molar-refractivity contribution >= 4 is 23.6 Å². The highest BCUT2D eigenvalue weighted by Crippen LogP contribution is 2.48. The van der Waals surface area contributed by atoms with Gasteiger partial charge in [0.15, 0.2) is 0 Å². The van der Waals surface area contributed by atoms with Gasteiger partial charge >= 0.3 is 6.18 Å². The van der Waals surface area contributed by atoms with E-state index >= 15 is 0 Å². The summed E-state index contributed by atoms with van der Waals surface area (Å²) in [5.74, 6) is -2.04. The van der Waals surface area contributed by atoms with E-state index in [0.717, 1.165) is 6.42 Å². The zero-order valence-corrected chi connectivity index (χ0v) is 15.8. The van der Waals surface area contributed by atoms with Crippen LogP contribution in [0.1, 0.15) is 39.5 Å². The number of hydrogen-bond acceptors (Lipinski definition) is 4. The maximum Gasteiger partial charge on any atom is 0.405 e. The van der Waals surface area contributed by atoms with E-state index in [-0.39, 0.29) is 23.8 Å². The molecule has 0 spiro atoms. The number of rotatable bonds is 8. The van der Waals surface area contributed by atoms with Gasteiger partial charge in [0, 0.05) is 13.0 Å². The van der Waals surface area contributed by atoms with Crippen molar-refractivity contribution in [1.29, 1.82) is 0 Å². The molecule has 1 aliphatic heterocycles. The molecular weight excluding hydrogens is 381 g/mol. The maximum atomic E-state index is 12.9. The summed E-state index contributed by atoms with van der Waals surface area (Å²) >= 11 is 0. The number of nitrogens with zero attached hydrogens (tertiary/aromatic N) is 1. The third kappa shape index (κ3) is 5.83. The molecule has 2 rings (SSSR count). The van der Waals surface area contributed by atoms with Crippen LogP contribution in [0.3, 0.4) is 0 Å². The van der Waals surface area contributed by atoms with Gasteiger partial charge in [0.25, 0.3) is 0 Å². The lowest BCUT2D eigenvalue weighted by Gasteiger charge is -2.30. The lowest BCUT2D eigenvalue weighted by atomic mass is 10.1. The number of nitrogens with one attached hydrogen (secondary N) is 3. The number of carbonyl (C=O) groups excluding carboxylic acids is 4. The van der Waals surface area contributed by atoms with Gasteiger partial charge in [-0.1, -0.05) is 13.3 Å². The van der Waals surface area contributed by atoms with Crippen molar-refractivity contribution in [3.05, 3.63) is 0 Å². The van der Waals surface area contributed by atoms with Crippen molar-refractivity contribution in [1.82, 2.24) is 20.9 Å². The first-order valence-corrected chi connectivity index (χ1v) is 9.24. The van der Waals surface area contributed by atoms with Gasteiger partial charge in [-0.3, -0.25) is 19.2 Å². The van der Waals surface area contributed by atoms with Crippen LogP contribution < -0.4 is 16.0 Å². The van der Waals surface area contributed by atoms with Crippen LogP contribution in [0.15, 0.2) is 0 Å². The molecule has 4 amide bonds. The summed E-state index contributed by atoms with van der Waals surface area (Å²) in [6.07, 6.45) is -2.23. The van der Waals surface area contributed by atoms with Gasteiger partial charge in [-0.05, 0) is 25.2 Å². The third-order valence-corrected chi connectivity index (χ3v) is 4.82. The Kier molecular flexibility index (Phi) is 6.89. The monoisotopic (exact) mass is 406 g/mol. The summed E-state index contributed by atoms with van der Waals surface area (Å²) in [7, 11) is 0. The molecule has 1 aliphatic carbocycles. The fraction of sp³-hybridized carbons (Fsp3) is 0.765. The van der Waals surface area contributed by atoms with E-state index in [0.29, 0.717) is 19.3 Å². The number of fused-ring (bicyclic) bond motifs is 1. The Labute approximate surface area is 160 Å². The zero-order valence-electron chi connectivity index (χ0n) is 15.8. The van der Waals surface area contributed by atoms with Gasteiger partial charge in [0.2, 0.25) is 23.6 Å². The standard InChI is InChI=1S/C17H25F3N4O4/c1-3-4-11(23-9(2)25)16(28)24-12-5-10(12)6-13(24)15(27)21-7-14(26)22-8-17(18,19)20/h10-13H,3-8H2,1-2H3,(H,21,27)(H,22,26)(H,23,25)/t10-,11?,12+,13+/m1/s1. The zero-order chi connectivity index (χ0) is 21.1. The van der Waals surface area contributed by atoms with E-state index in [4.69, 9.17) is 0 Å². The molecule has 4 atom stereocenters. The van der Waals surface area contributed by atoms with Gasteiger partial charge < -0.3 is 20.9 Å². The van der Waals surface area contributed by atoms with E-state index < -0.39 is 43.2 Å². The molecular formula is C17H25F3N4O4. The topological polar surface area (TPSA) is 108 Å². The van der Waals surface area contributed by atoms with E-state index in [1.807, 2.05) is 6.92 Å². The lowest BCUT2D eigenvalue weighted by molar-refractivity contribution is -0.143. The van der Waals surface area contributed by atoms with E-state index in [1.54, 1.807) is 5.32 Å². The second-order valence-electron chi connectivity index (χ2n) is 7.21. The summed E-state index contributed by atoms with van der Waals surface area (Å²) in [6, 6.07) is -1.59. The molecule has 2 fully saturated rings. The molecule has 28 heavy (non-hydrogen) atoms. The van der Waals surface area contributed by atoms with E-state index in [2.05, 4.69) is 10.6 Å². The summed E-state index contributed by atoms with van der Waals surface area (Å²) in [6.45, 7) is 1.10. The minimum Gasteiger partial charge on any atom is -0.345 e. The van der Waals surface area contributed by atoms with Crippen LogP contribution in [0.2, 0.25) is 0 Å². The Morgan fingerprint density at radius 3 is 2.39 bits per heavy atom. The molecule has 8 nitrogen and oxygen atoms in total. The van der Waals surface area contributed by atoms with Crippen LogP contribution in [0.4, 0.5) is 13.2 Å². The quantitative estimate of drug-likeness (QED) is 0.530. The first kappa shape index (κ1) is 22.0. The van der Waals surface area contributed by atoms with Crippen LogP contribution in [-0.2, 0) is 19.2 Å². The molecule has 1 saturated carbocycles. The molecule has 1 unspecified atom stereocenters. The van der Waals surface area contributed by atoms with E-state index in [9.17, 15) is 32.3 Å². The molecule has 158 valence electrons. The molecule has 1 saturated heterocycles. The Bertz CT molecular complexity index is 640. The summed E-state index contributed by atoms with van der Waals surface area (Å²) in [4.78, 5) is 49.6. The highest BCUT2D eigenvalue weighted by Gasteiger charge is 2.56. The predicted octanol–water partition coefficient (Wildman–Crippen LogP) is 0.0753. The molecule has 0 aromatic heterocycles. The van der Waals surface area contributed by atoms with Gasteiger partial charge in [0.1, 0.15) is 18.6 Å². The third-order valence-electron chi connectivity index (χ3n) is 4.82. The summed E-state index contributed by atoms with van der Waals surface area (Å²) in [5, 5.41) is 6.57. The second-order valence-corrected chi connectivity index (χ2v) is 7.21. The van der Waals surface area contributed by atoms with E-state index in [1.165, 1.54) is 11.8 Å².